The second kappa shape index (κ2) is 5.81. The molecule has 0 aliphatic rings. The number of hydrogen-bond donors (Lipinski definition) is 3. The quantitative estimate of drug-likeness (QED) is 0.651. The van der Waals surface area contributed by atoms with Gasteiger partial charge < -0.3 is 5.73 Å². The van der Waals surface area contributed by atoms with Crippen LogP contribution in [0.5, 0.6) is 0 Å². The Kier molecular flexibility index (Phi) is 5.04. The third-order valence-corrected chi connectivity index (χ3v) is 5.12. The lowest BCUT2D eigenvalue weighted by molar-refractivity contribution is 0.581. The summed E-state index contributed by atoms with van der Waals surface area (Å²) in [6, 6.07) is 2.45. The van der Waals surface area contributed by atoms with E-state index in [4.69, 9.17) is 34.1 Å². The zero-order valence-electron chi connectivity index (χ0n) is 9.43. The molecule has 0 atom stereocenters. The van der Waals surface area contributed by atoms with Crippen LogP contribution in [0.3, 0.4) is 0 Å². The lowest BCUT2D eigenvalue weighted by Crippen LogP contribution is -2.31. The first kappa shape index (κ1) is 16.5. The molecule has 108 valence electrons. The first-order valence-electron chi connectivity index (χ1n) is 4.77. The molecule has 0 aromatic heterocycles. The Morgan fingerprint density at radius 1 is 1.11 bits per heavy atom. The number of sulfonamides is 2. The minimum atomic E-state index is -4.05. The van der Waals surface area contributed by atoms with E-state index in [1.807, 2.05) is 4.72 Å². The summed E-state index contributed by atoms with van der Waals surface area (Å²) in [5, 5.41) is 4.43. The van der Waals surface area contributed by atoms with Crippen molar-refractivity contribution in [3.05, 3.63) is 22.2 Å². The molecule has 0 amide bonds. The Morgan fingerprint density at radius 2 is 1.58 bits per heavy atom. The van der Waals surface area contributed by atoms with Crippen molar-refractivity contribution in [2.24, 2.45) is 5.14 Å². The SMILES string of the molecule is Nc1cc(Cl)c(S(=O)(=O)NCCS(N)(=O)=O)c(Cl)c1. The van der Waals surface area contributed by atoms with Crippen LogP contribution < -0.4 is 15.6 Å². The van der Waals surface area contributed by atoms with Gasteiger partial charge in [-0.15, -0.1) is 0 Å². The van der Waals surface area contributed by atoms with Crippen LogP contribution in [0.2, 0.25) is 10.0 Å². The summed E-state index contributed by atoms with van der Waals surface area (Å²) in [6.07, 6.45) is 0. The van der Waals surface area contributed by atoms with Crippen LogP contribution in [0.4, 0.5) is 5.69 Å². The Balaban J connectivity index is 3.02. The topological polar surface area (TPSA) is 132 Å². The van der Waals surface area contributed by atoms with Gasteiger partial charge in [0.25, 0.3) is 0 Å². The summed E-state index contributed by atoms with van der Waals surface area (Å²) in [6.45, 7) is -0.391. The number of benzene rings is 1. The summed E-state index contributed by atoms with van der Waals surface area (Å²) in [7, 11) is -7.82. The van der Waals surface area contributed by atoms with E-state index in [9.17, 15) is 16.8 Å². The molecule has 19 heavy (non-hydrogen) atoms. The summed E-state index contributed by atoms with van der Waals surface area (Å²) in [5.74, 6) is -0.545. The van der Waals surface area contributed by atoms with Crippen molar-refractivity contribution < 1.29 is 16.8 Å². The fourth-order valence-corrected chi connectivity index (χ4v) is 4.00. The predicted octanol–water partition coefficient (Wildman–Crippen LogP) is 0.142. The van der Waals surface area contributed by atoms with E-state index in [-0.39, 0.29) is 20.6 Å². The molecule has 0 heterocycles. The van der Waals surface area contributed by atoms with Crippen molar-refractivity contribution in [1.29, 1.82) is 0 Å². The van der Waals surface area contributed by atoms with E-state index in [2.05, 4.69) is 0 Å². The highest BCUT2D eigenvalue weighted by molar-refractivity contribution is 7.90. The number of anilines is 1. The van der Waals surface area contributed by atoms with Gasteiger partial charge in [0.15, 0.2) is 0 Å². The van der Waals surface area contributed by atoms with Crippen molar-refractivity contribution in [2.45, 2.75) is 4.90 Å². The summed E-state index contributed by atoms with van der Waals surface area (Å²) in [4.78, 5) is -0.362. The number of nitrogen functional groups attached to an aromatic ring is 1. The molecule has 0 unspecified atom stereocenters. The van der Waals surface area contributed by atoms with Gasteiger partial charge in [0.2, 0.25) is 20.0 Å². The molecule has 7 nitrogen and oxygen atoms in total. The van der Waals surface area contributed by atoms with Gasteiger partial charge in [0, 0.05) is 12.2 Å². The lowest BCUT2D eigenvalue weighted by atomic mass is 10.3. The Morgan fingerprint density at radius 3 is 2.00 bits per heavy atom. The smallest absolute Gasteiger partial charge is 0.243 e. The zero-order chi connectivity index (χ0) is 14.8. The Hall–Kier alpha value is -0.580. The molecule has 1 rings (SSSR count). The molecule has 11 heteroatoms. The van der Waals surface area contributed by atoms with Gasteiger partial charge in [-0.2, -0.15) is 0 Å². The molecule has 0 saturated heterocycles. The van der Waals surface area contributed by atoms with E-state index < -0.39 is 32.3 Å². The number of hydrogen-bond acceptors (Lipinski definition) is 5. The number of nitrogens with one attached hydrogen (secondary N) is 1. The fourth-order valence-electron chi connectivity index (χ4n) is 1.23. The largest absolute Gasteiger partial charge is 0.399 e. The van der Waals surface area contributed by atoms with Gasteiger partial charge >= 0.3 is 0 Å². The average molecular weight is 348 g/mol. The van der Waals surface area contributed by atoms with Crippen molar-refractivity contribution in [2.75, 3.05) is 18.0 Å². The van der Waals surface area contributed by atoms with E-state index in [0.717, 1.165) is 0 Å². The third kappa shape index (κ3) is 4.79. The molecule has 0 saturated carbocycles. The Labute approximate surface area is 121 Å². The van der Waals surface area contributed by atoms with Crippen LogP contribution in [0.25, 0.3) is 0 Å². The zero-order valence-corrected chi connectivity index (χ0v) is 12.6. The second-order valence-electron chi connectivity index (χ2n) is 3.58. The molecule has 5 N–H and O–H groups in total. The van der Waals surface area contributed by atoms with Gasteiger partial charge in [0.1, 0.15) is 4.90 Å². The van der Waals surface area contributed by atoms with Crippen molar-refractivity contribution in [1.82, 2.24) is 4.72 Å². The molecule has 0 aliphatic carbocycles. The molecule has 0 aliphatic heterocycles. The predicted molar refractivity (Wildman–Crippen MR) is 74.0 cm³/mol. The van der Waals surface area contributed by atoms with Gasteiger partial charge in [-0.1, -0.05) is 23.2 Å². The van der Waals surface area contributed by atoms with Crippen LogP contribution in [0.15, 0.2) is 17.0 Å². The lowest BCUT2D eigenvalue weighted by Gasteiger charge is -2.10. The average Bonchev–Trinajstić information content (AvgIpc) is 2.11. The molecule has 0 spiro atoms. The number of primary sulfonamides is 1. The molecular weight excluding hydrogens is 337 g/mol. The van der Waals surface area contributed by atoms with Gasteiger partial charge in [-0.3, -0.25) is 0 Å². The van der Waals surface area contributed by atoms with Crippen LogP contribution in [-0.4, -0.2) is 29.1 Å². The minimum absolute atomic E-state index is 0.159. The van der Waals surface area contributed by atoms with Crippen LogP contribution >= 0.6 is 23.2 Å². The molecule has 0 bridgehead atoms. The summed E-state index contributed by atoms with van der Waals surface area (Å²) >= 11 is 11.5. The van der Waals surface area contributed by atoms with Gasteiger partial charge in [-0.25, -0.2) is 26.7 Å². The Bertz CT molecular complexity index is 665. The van der Waals surface area contributed by atoms with E-state index >= 15 is 0 Å². The molecule has 1 aromatic rings. The van der Waals surface area contributed by atoms with Crippen molar-refractivity contribution in [3.63, 3.8) is 0 Å². The molecule has 1 aromatic carbocycles. The molecule has 0 radical (unpaired) electrons. The maximum Gasteiger partial charge on any atom is 0.243 e. The highest BCUT2D eigenvalue weighted by Gasteiger charge is 2.22. The molecular formula is C8H11Cl2N3O4S2. The number of rotatable bonds is 5. The number of nitrogens with two attached hydrogens (primary N) is 2. The van der Waals surface area contributed by atoms with Crippen LogP contribution in [-0.2, 0) is 20.0 Å². The summed E-state index contributed by atoms with van der Waals surface area (Å²) < 4.78 is 47.3. The van der Waals surface area contributed by atoms with E-state index in [1.165, 1.54) is 12.1 Å². The van der Waals surface area contributed by atoms with Crippen LogP contribution in [0.1, 0.15) is 0 Å². The summed E-state index contributed by atoms with van der Waals surface area (Å²) in [5.41, 5.74) is 5.66. The number of halogens is 2. The first-order chi connectivity index (χ1) is 8.53. The highest BCUT2D eigenvalue weighted by atomic mass is 35.5. The standard InChI is InChI=1S/C8H11Cl2N3O4S2/c9-6-3-5(11)4-7(10)8(6)19(16,17)13-1-2-18(12,14)15/h3-4,13H,1-2,11H2,(H2,12,14,15). The normalized spacial score (nSPS) is 12.6. The third-order valence-electron chi connectivity index (χ3n) is 1.97. The van der Waals surface area contributed by atoms with E-state index in [1.54, 1.807) is 0 Å². The first-order valence-corrected chi connectivity index (χ1v) is 8.73. The second-order valence-corrected chi connectivity index (χ2v) is 7.83. The van der Waals surface area contributed by atoms with Crippen molar-refractivity contribution in [3.8, 4) is 0 Å². The van der Waals surface area contributed by atoms with Gasteiger partial charge in [0.05, 0.1) is 15.8 Å². The monoisotopic (exact) mass is 347 g/mol. The fraction of sp³-hybridized carbons (Fsp3) is 0.250. The van der Waals surface area contributed by atoms with Gasteiger partial charge in [-0.05, 0) is 12.1 Å². The molecule has 0 fully saturated rings. The maximum absolute atomic E-state index is 11.9. The highest BCUT2D eigenvalue weighted by Crippen LogP contribution is 2.31. The minimum Gasteiger partial charge on any atom is -0.399 e. The van der Waals surface area contributed by atoms with Crippen molar-refractivity contribution >= 4 is 48.9 Å². The maximum atomic E-state index is 11.9. The van der Waals surface area contributed by atoms with E-state index in [0.29, 0.717) is 0 Å². The van der Waals surface area contributed by atoms with Crippen LogP contribution in [0, 0.1) is 0 Å².